The van der Waals surface area contributed by atoms with E-state index in [4.69, 9.17) is 24.3 Å². The molecular weight excluding hydrogens is 661 g/mol. The molecule has 0 aliphatic carbocycles. The summed E-state index contributed by atoms with van der Waals surface area (Å²) >= 11 is 0. The van der Waals surface area contributed by atoms with Crippen molar-refractivity contribution >= 4 is 13.8 Å². The van der Waals surface area contributed by atoms with Crippen LogP contribution in [0.4, 0.5) is 0 Å². The molecule has 0 rings (SSSR count). The molecule has 0 aromatic rings. The molecule has 0 aromatic heterocycles. The van der Waals surface area contributed by atoms with Gasteiger partial charge in [-0.15, -0.1) is 0 Å². The second kappa shape index (κ2) is 39.4. The summed E-state index contributed by atoms with van der Waals surface area (Å²) in [6, 6.07) is 0. The Morgan fingerprint density at radius 3 is 1.61 bits per heavy atom. The van der Waals surface area contributed by atoms with E-state index in [0.717, 1.165) is 70.6 Å². The summed E-state index contributed by atoms with van der Waals surface area (Å²) in [5.41, 5.74) is 5.36. The Kier molecular flexibility index (Phi) is 38.0. The average Bonchev–Trinajstić information content (AvgIpc) is 3.12. The van der Waals surface area contributed by atoms with Gasteiger partial charge in [0.05, 0.1) is 19.8 Å². The van der Waals surface area contributed by atoms with Crippen molar-refractivity contribution < 1.29 is 32.8 Å². The SMILES string of the molecule is CC/C=C\C/C=C\C/C=C\C/C=C\C/C=C\CCCCOCC(COP(=O)(O)OCCN)OC(=O)CCCCCCCCCCCCCCCC. The molecule has 0 saturated heterocycles. The number of allylic oxidation sites excluding steroid dienone is 10. The molecular formula is C42H76NO7P. The van der Waals surface area contributed by atoms with Crippen LogP contribution in [-0.4, -0.2) is 49.9 Å². The zero-order valence-electron chi connectivity index (χ0n) is 32.6. The number of hydrogen-bond donors (Lipinski definition) is 2. The minimum absolute atomic E-state index is 0.0863. The summed E-state index contributed by atoms with van der Waals surface area (Å²) in [7, 11) is -4.29. The number of unbranched alkanes of at least 4 members (excludes halogenated alkanes) is 15. The van der Waals surface area contributed by atoms with Gasteiger partial charge in [-0.05, 0) is 57.8 Å². The highest BCUT2D eigenvalue weighted by molar-refractivity contribution is 7.47. The molecule has 0 radical (unpaired) electrons. The van der Waals surface area contributed by atoms with Crippen molar-refractivity contribution in [3.05, 3.63) is 60.8 Å². The van der Waals surface area contributed by atoms with Crippen LogP contribution in [0.3, 0.4) is 0 Å². The lowest BCUT2D eigenvalue weighted by Gasteiger charge is -2.20. The summed E-state index contributed by atoms with van der Waals surface area (Å²) in [6.45, 7) is 4.69. The Bertz CT molecular complexity index is 963. The Morgan fingerprint density at radius 2 is 1.10 bits per heavy atom. The van der Waals surface area contributed by atoms with Gasteiger partial charge >= 0.3 is 13.8 Å². The van der Waals surface area contributed by atoms with Crippen LogP contribution in [0, 0.1) is 0 Å². The number of ether oxygens (including phenoxy) is 2. The van der Waals surface area contributed by atoms with Crippen molar-refractivity contribution in [3.63, 3.8) is 0 Å². The van der Waals surface area contributed by atoms with Crippen molar-refractivity contribution in [1.82, 2.24) is 0 Å². The summed E-state index contributed by atoms with van der Waals surface area (Å²) in [4.78, 5) is 22.4. The van der Waals surface area contributed by atoms with Crippen molar-refractivity contribution in [1.29, 1.82) is 0 Å². The number of nitrogens with two attached hydrogens (primary N) is 1. The van der Waals surface area contributed by atoms with Gasteiger partial charge in [0.1, 0.15) is 6.10 Å². The summed E-state index contributed by atoms with van der Waals surface area (Å²) in [5.74, 6) is -0.347. The number of phosphoric acid groups is 1. The molecule has 0 fully saturated rings. The lowest BCUT2D eigenvalue weighted by Crippen LogP contribution is -2.28. The van der Waals surface area contributed by atoms with E-state index in [1.807, 2.05) is 0 Å². The predicted octanol–water partition coefficient (Wildman–Crippen LogP) is 11.8. The second-order valence-corrected chi connectivity index (χ2v) is 14.6. The molecule has 296 valence electrons. The number of carbonyl (C=O) groups is 1. The molecule has 9 heteroatoms. The fourth-order valence-electron chi connectivity index (χ4n) is 5.26. The zero-order valence-corrected chi connectivity index (χ0v) is 33.5. The van der Waals surface area contributed by atoms with Crippen LogP contribution in [0.1, 0.15) is 162 Å². The molecule has 0 amide bonds. The first-order valence-electron chi connectivity index (χ1n) is 20.3. The summed E-state index contributed by atoms with van der Waals surface area (Å²) in [6.07, 6.45) is 46.7. The molecule has 3 N–H and O–H groups in total. The van der Waals surface area contributed by atoms with E-state index >= 15 is 0 Å². The van der Waals surface area contributed by atoms with E-state index in [2.05, 4.69) is 74.6 Å². The number of carbonyl (C=O) groups excluding carboxylic acids is 1. The highest BCUT2D eigenvalue weighted by Crippen LogP contribution is 2.43. The first-order chi connectivity index (χ1) is 24.9. The molecule has 0 saturated carbocycles. The van der Waals surface area contributed by atoms with Gasteiger partial charge in [-0.25, -0.2) is 4.57 Å². The quantitative estimate of drug-likeness (QED) is 0.0278. The minimum atomic E-state index is -4.29. The third-order valence-corrected chi connectivity index (χ3v) is 9.18. The van der Waals surface area contributed by atoms with Crippen molar-refractivity contribution in [2.45, 2.75) is 168 Å². The predicted molar refractivity (Wildman–Crippen MR) is 215 cm³/mol. The molecule has 0 aliphatic rings. The van der Waals surface area contributed by atoms with Crippen molar-refractivity contribution in [3.8, 4) is 0 Å². The minimum Gasteiger partial charge on any atom is -0.457 e. The smallest absolute Gasteiger partial charge is 0.457 e. The lowest BCUT2D eigenvalue weighted by atomic mass is 10.0. The number of rotatable bonds is 38. The number of hydrogen-bond acceptors (Lipinski definition) is 7. The Hall–Kier alpha value is -1.80. The Labute approximate surface area is 313 Å². The van der Waals surface area contributed by atoms with Crippen molar-refractivity contribution in [2.75, 3.05) is 33.0 Å². The van der Waals surface area contributed by atoms with E-state index in [1.165, 1.54) is 70.6 Å². The standard InChI is InChI=1S/C42H76NO7P/c1-3-5-7-9-11-13-15-17-19-20-21-22-24-26-28-30-32-34-37-47-39-41(40-49-51(45,46)48-38-36-43)50-42(44)35-33-31-29-27-25-23-18-16-14-12-10-8-6-4-2/h5,7,11,13,17,19,21-22,26,28,41H,3-4,6,8-10,12,14-16,18,20,23-25,27,29-40,43H2,1-2H3,(H,45,46)/b7-5-,13-11-,19-17-,22-21-,28-26-. The molecule has 0 bridgehead atoms. The van der Waals surface area contributed by atoms with Gasteiger partial charge < -0.3 is 20.1 Å². The lowest BCUT2D eigenvalue weighted by molar-refractivity contribution is -0.154. The van der Waals surface area contributed by atoms with Gasteiger partial charge in [-0.1, -0.05) is 158 Å². The molecule has 8 nitrogen and oxygen atoms in total. The highest BCUT2D eigenvalue weighted by Gasteiger charge is 2.25. The first kappa shape index (κ1) is 49.2. The van der Waals surface area contributed by atoms with Gasteiger partial charge in [-0.3, -0.25) is 13.8 Å². The maximum Gasteiger partial charge on any atom is 0.472 e. The van der Waals surface area contributed by atoms with E-state index < -0.39 is 13.9 Å². The average molecular weight is 738 g/mol. The Morgan fingerprint density at radius 1 is 0.608 bits per heavy atom. The Balaban J connectivity index is 4.15. The van der Waals surface area contributed by atoms with E-state index in [1.54, 1.807) is 0 Å². The van der Waals surface area contributed by atoms with Gasteiger partial charge in [0.2, 0.25) is 0 Å². The van der Waals surface area contributed by atoms with E-state index in [9.17, 15) is 14.3 Å². The third kappa shape index (κ3) is 39.2. The third-order valence-electron chi connectivity index (χ3n) is 8.20. The fraction of sp³-hybridized carbons (Fsp3) is 0.738. The molecule has 2 atom stereocenters. The van der Waals surface area contributed by atoms with Gasteiger partial charge in [0, 0.05) is 19.6 Å². The maximum absolute atomic E-state index is 12.5. The monoisotopic (exact) mass is 738 g/mol. The normalized spacial score (nSPS) is 14.2. The topological polar surface area (TPSA) is 117 Å². The van der Waals surface area contributed by atoms with Crippen LogP contribution in [0.5, 0.6) is 0 Å². The van der Waals surface area contributed by atoms with Crippen LogP contribution in [0.2, 0.25) is 0 Å². The van der Waals surface area contributed by atoms with Gasteiger partial charge in [-0.2, -0.15) is 0 Å². The zero-order chi connectivity index (χ0) is 37.4. The van der Waals surface area contributed by atoms with Gasteiger partial charge in [0.25, 0.3) is 0 Å². The molecule has 0 aliphatic heterocycles. The highest BCUT2D eigenvalue weighted by atomic mass is 31.2. The van der Waals surface area contributed by atoms with Crippen LogP contribution in [0.15, 0.2) is 60.8 Å². The molecule has 0 aromatic carbocycles. The van der Waals surface area contributed by atoms with Crippen LogP contribution in [0.25, 0.3) is 0 Å². The largest absolute Gasteiger partial charge is 0.472 e. The molecule has 0 spiro atoms. The van der Waals surface area contributed by atoms with E-state index in [-0.39, 0.29) is 32.3 Å². The molecule has 2 unspecified atom stereocenters. The van der Waals surface area contributed by atoms with E-state index in [0.29, 0.717) is 13.0 Å². The van der Waals surface area contributed by atoms with Crippen molar-refractivity contribution in [2.24, 2.45) is 5.73 Å². The fourth-order valence-corrected chi connectivity index (χ4v) is 6.02. The van der Waals surface area contributed by atoms with Crippen LogP contribution in [-0.2, 0) is 27.9 Å². The molecule has 51 heavy (non-hydrogen) atoms. The number of esters is 1. The number of phosphoric ester groups is 1. The van der Waals surface area contributed by atoms with Gasteiger partial charge in [0.15, 0.2) is 0 Å². The second-order valence-electron chi connectivity index (χ2n) is 13.1. The van der Waals surface area contributed by atoms with Crippen LogP contribution >= 0.6 is 7.82 Å². The maximum atomic E-state index is 12.5. The first-order valence-corrected chi connectivity index (χ1v) is 21.8. The van der Waals surface area contributed by atoms with Crippen LogP contribution < -0.4 is 5.73 Å². The molecule has 0 heterocycles. The summed E-state index contributed by atoms with van der Waals surface area (Å²) < 4.78 is 33.3. The summed E-state index contributed by atoms with van der Waals surface area (Å²) in [5, 5.41) is 0.